The summed E-state index contributed by atoms with van der Waals surface area (Å²) >= 11 is 9.98. The van der Waals surface area contributed by atoms with E-state index < -0.39 is 0 Å². The van der Waals surface area contributed by atoms with Crippen molar-refractivity contribution in [1.82, 2.24) is 9.97 Å². The molecule has 1 heterocycles. The quantitative estimate of drug-likeness (QED) is 0.563. The molecule has 2 aromatic rings. The Bertz CT molecular complexity index is 481. The molecule has 0 radical (unpaired) electrons. The van der Waals surface area contributed by atoms with Crippen LogP contribution in [-0.4, -0.2) is 9.97 Å². The molecule has 0 aliphatic rings. The van der Waals surface area contributed by atoms with Crippen molar-refractivity contribution in [3.05, 3.63) is 33.5 Å². The van der Waals surface area contributed by atoms with Crippen LogP contribution in [0.4, 0.5) is 0 Å². The van der Waals surface area contributed by atoms with E-state index in [2.05, 4.69) is 9.97 Å². The fourth-order valence-corrected chi connectivity index (χ4v) is 1.38. The van der Waals surface area contributed by atoms with E-state index in [1.165, 1.54) is 0 Å². The Morgan fingerprint density at radius 1 is 0.846 bits per heavy atom. The molecule has 0 saturated heterocycles. The molecule has 0 bridgehead atoms. The van der Waals surface area contributed by atoms with Crippen LogP contribution in [0.1, 0.15) is 0 Å². The second kappa shape index (κ2) is 4.22. The average Bonchev–Trinajstić information content (AvgIpc) is 2.07. The maximum absolute atomic E-state index is 4.99. The monoisotopic (exact) mass is 258 g/mol. The van der Waals surface area contributed by atoms with Crippen LogP contribution in [0.25, 0.3) is 11.0 Å². The average molecular weight is 260 g/mol. The van der Waals surface area contributed by atoms with Gasteiger partial charge < -0.3 is 9.97 Å². The smallest absolute Gasteiger partial charge is 0.138 e. The van der Waals surface area contributed by atoms with Crippen LogP contribution in [0, 0.1) is 9.28 Å². The molecule has 1 aromatic carbocycles. The summed E-state index contributed by atoms with van der Waals surface area (Å²) in [5.74, 6) is 0. The first-order valence-electron chi connectivity index (χ1n) is 3.49. The predicted octanol–water partition coefficient (Wildman–Crippen LogP) is 2.95. The zero-order valence-corrected chi connectivity index (χ0v) is 11.4. The van der Waals surface area contributed by atoms with Crippen molar-refractivity contribution in [2.24, 2.45) is 0 Å². The van der Waals surface area contributed by atoms with Gasteiger partial charge in [-0.3, -0.25) is 0 Å². The normalized spacial score (nSPS) is 9.54. The van der Waals surface area contributed by atoms with Gasteiger partial charge in [0.05, 0.1) is 11.0 Å². The van der Waals surface area contributed by atoms with E-state index >= 15 is 0 Å². The van der Waals surface area contributed by atoms with Gasteiger partial charge in [-0.25, -0.2) is 0 Å². The standard InChI is InChI=1S/C8H6N2S2.Zn/c11-7-8(12)10-6-4-2-1-3-5(6)9-7;/h1-4H,(H,9,11)(H,10,12);. The summed E-state index contributed by atoms with van der Waals surface area (Å²) in [7, 11) is 0. The van der Waals surface area contributed by atoms with Crippen LogP contribution >= 0.6 is 24.4 Å². The van der Waals surface area contributed by atoms with Gasteiger partial charge in [0.15, 0.2) is 0 Å². The van der Waals surface area contributed by atoms with Crippen molar-refractivity contribution in [3.8, 4) is 0 Å². The molecule has 2 rings (SSSR count). The molecule has 0 spiro atoms. The van der Waals surface area contributed by atoms with Crippen LogP contribution in [-0.2, 0) is 19.5 Å². The molecule has 1 aromatic heterocycles. The largest absolute Gasteiger partial charge is 0.342 e. The molecule has 0 atom stereocenters. The van der Waals surface area contributed by atoms with Gasteiger partial charge in [0.25, 0.3) is 0 Å². The van der Waals surface area contributed by atoms with Crippen molar-refractivity contribution < 1.29 is 19.5 Å². The Kier molecular flexibility index (Phi) is 3.48. The third-order valence-corrected chi connectivity index (χ3v) is 2.37. The Morgan fingerprint density at radius 3 is 1.62 bits per heavy atom. The molecule has 2 nitrogen and oxygen atoms in total. The van der Waals surface area contributed by atoms with E-state index in [4.69, 9.17) is 24.4 Å². The van der Waals surface area contributed by atoms with Gasteiger partial charge in [-0.2, -0.15) is 0 Å². The van der Waals surface area contributed by atoms with E-state index in [1.807, 2.05) is 24.3 Å². The van der Waals surface area contributed by atoms with E-state index in [-0.39, 0.29) is 19.5 Å². The minimum absolute atomic E-state index is 0. The Morgan fingerprint density at radius 2 is 1.23 bits per heavy atom. The van der Waals surface area contributed by atoms with Crippen LogP contribution in [0.2, 0.25) is 0 Å². The molecule has 0 saturated carbocycles. The molecule has 5 heteroatoms. The first-order valence-corrected chi connectivity index (χ1v) is 4.30. The van der Waals surface area contributed by atoms with Crippen LogP contribution in [0.5, 0.6) is 0 Å². The third-order valence-electron chi connectivity index (χ3n) is 1.63. The predicted molar refractivity (Wildman–Crippen MR) is 54.3 cm³/mol. The molecule has 0 amide bonds. The molecule has 0 aliphatic carbocycles. The van der Waals surface area contributed by atoms with Gasteiger partial charge in [0.2, 0.25) is 0 Å². The van der Waals surface area contributed by atoms with Gasteiger partial charge in [-0.15, -0.1) is 0 Å². The van der Waals surface area contributed by atoms with Gasteiger partial charge in [0, 0.05) is 19.5 Å². The van der Waals surface area contributed by atoms with E-state index in [0.717, 1.165) is 11.0 Å². The Labute approximate surface area is 98.2 Å². The fourth-order valence-electron chi connectivity index (χ4n) is 1.06. The number of benzene rings is 1. The second-order valence-corrected chi connectivity index (χ2v) is 3.27. The fraction of sp³-hybridized carbons (Fsp3) is 0. The molecule has 2 N–H and O–H groups in total. The molecular formula is C8H6N2S2Zn. The van der Waals surface area contributed by atoms with Crippen molar-refractivity contribution in [2.75, 3.05) is 0 Å². The number of fused-ring (bicyclic) bond motifs is 1. The molecule has 0 unspecified atom stereocenters. The zero-order valence-electron chi connectivity index (χ0n) is 6.83. The van der Waals surface area contributed by atoms with Crippen molar-refractivity contribution in [2.45, 2.75) is 0 Å². The SMILES string of the molecule is S=c1[nH]c2ccccc2[nH]c1=S.[Zn]. The molecule has 0 fully saturated rings. The van der Waals surface area contributed by atoms with Gasteiger partial charge in [-0.1, -0.05) is 36.6 Å². The number of aromatic nitrogens is 2. The number of hydrogen-bond donors (Lipinski definition) is 2. The van der Waals surface area contributed by atoms with Crippen LogP contribution < -0.4 is 0 Å². The number of para-hydroxylation sites is 2. The minimum Gasteiger partial charge on any atom is -0.342 e. The first-order chi connectivity index (χ1) is 5.77. The number of hydrogen-bond acceptors (Lipinski definition) is 2. The molecule has 62 valence electrons. The van der Waals surface area contributed by atoms with Crippen LogP contribution in [0.3, 0.4) is 0 Å². The Hall–Kier alpha value is -0.377. The first kappa shape index (κ1) is 10.7. The van der Waals surface area contributed by atoms with Gasteiger partial charge in [0.1, 0.15) is 9.28 Å². The zero-order chi connectivity index (χ0) is 8.55. The minimum atomic E-state index is 0. The summed E-state index contributed by atoms with van der Waals surface area (Å²) in [4.78, 5) is 6.07. The third kappa shape index (κ3) is 2.10. The summed E-state index contributed by atoms with van der Waals surface area (Å²) in [6.07, 6.45) is 0. The van der Waals surface area contributed by atoms with E-state index in [0.29, 0.717) is 9.28 Å². The number of rotatable bonds is 0. The second-order valence-electron chi connectivity index (χ2n) is 2.45. The van der Waals surface area contributed by atoms with Crippen molar-refractivity contribution in [1.29, 1.82) is 0 Å². The number of nitrogens with one attached hydrogen (secondary N) is 2. The summed E-state index contributed by atoms with van der Waals surface area (Å²) in [6, 6.07) is 7.81. The Balaban J connectivity index is 0.000000845. The van der Waals surface area contributed by atoms with Crippen molar-refractivity contribution in [3.63, 3.8) is 0 Å². The summed E-state index contributed by atoms with van der Waals surface area (Å²) < 4.78 is 1.17. The number of H-pyrrole nitrogens is 2. The summed E-state index contributed by atoms with van der Waals surface area (Å²) in [6.45, 7) is 0. The van der Waals surface area contributed by atoms with E-state index in [1.54, 1.807) is 0 Å². The maximum atomic E-state index is 4.99. The molecule has 0 aliphatic heterocycles. The van der Waals surface area contributed by atoms with Crippen molar-refractivity contribution >= 4 is 35.5 Å². The molecule has 13 heavy (non-hydrogen) atoms. The topological polar surface area (TPSA) is 31.6 Å². The molecular weight excluding hydrogens is 254 g/mol. The van der Waals surface area contributed by atoms with Gasteiger partial charge in [-0.05, 0) is 12.1 Å². The number of aromatic amines is 2. The van der Waals surface area contributed by atoms with Gasteiger partial charge >= 0.3 is 0 Å². The van der Waals surface area contributed by atoms with E-state index in [9.17, 15) is 0 Å². The van der Waals surface area contributed by atoms with Crippen LogP contribution in [0.15, 0.2) is 24.3 Å². The maximum Gasteiger partial charge on any atom is 0.138 e. The summed E-state index contributed by atoms with van der Waals surface area (Å²) in [5, 5.41) is 0. The summed E-state index contributed by atoms with van der Waals surface area (Å²) in [5.41, 5.74) is 1.97.